The van der Waals surface area contributed by atoms with Crippen LogP contribution >= 0.6 is 0 Å². The third-order valence-corrected chi connectivity index (χ3v) is 3.26. The molecule has 18 heavy (non-hydrogen) atoms. The van der Waals surface area contributed by atoms with Crippen LogP contribution < -0.4 is 5.32 Å². The van der Waals surface area contributed by atoms with Gasteiger partial charge in [-0.3, -0.25) is 0 Å². The van der Waals surface area contributed by atoms with Gasteiger partial charge in [-0.05, 0) is 32.4 Å². The van der Waals surface area contributed by atoms with E-state index in [1.165, 1.54) is 11.3 Å². The molecule has 0 saturated heterocycles. The summed E-state index contributed by atoms with van der Waals surface area (Å²) in [4.78, 5) is 9.49. The van der Waals surface area contributed by atoms with Crippen LogP contribution in [-0.2, 0) is 5.41 Å². The van der Waals surface area contributed by atoms with Gasteiger partial charge < -0.3 is 5.32 Å². The highest BCUT2D eigenvalue weighted by Gasteiger charge is 2.25. The van der Waals surface area contributed by atoms with Gasteiger partial charge in [0.15, 0.2) is 0 Å². The summed E-state index contributed by atoms with van der Waals surface area (Å²) in [6.45, 7) is 15.3. The molecule has 1 rings (SSSR count). The molecule has 0 radical (unpaired) electrons. The van der Waals surface area contributed by atoms with Crippen molar-refractivity contribution in [2.75, 3.05) is 7.05 Å². The van der Waals surface area contributed by atoms with Gasteiger partial charge in [0.2, 0.25) is 0 Å². The zero-order valence-corrected chi connectivity index (χ0v) is 13.0. The molecule has 1 atom stereocenters. The monoisotopic (exact) mass is 249 g/mol. The molecule has 0 amide bonds. The molecule has 1 N–H and O–H groups in total. The van der Waals surface area contributed by atoms with Crippen molar-refractivity contribution < 1.29 is 0 Å². The van der Waals surface area contributed by atoms with Crippen molar-refractivity contribution >= 4 is 0 Å². The summed E-state index contributed by atoms with van der Waals surface area (Å²) in [6, 6.07) is 0.186. The van der Waals surface area contributed by atoms with E-state index in [4.69, 9.17) is 4.98 Å². The Morgan fingerprint density at radius 1 is 1.06 bits per heavy atom. The second kappa shape index (κ2) is 5.35. The topological polar surface area (TPSA) is 37.8 Å². The highest BCUT2D eigenvalue weighted by Crippen LogP contribution is 2.31. The summed E-state index contributed by atoms with van der Waals surface area (Å²) in [5, 5.41) is 3.21. The molecule has 3 heteroatoms. The van der Waals surface area contributed by atoms with E-state index in [1.54, 1.807) is 0 Å². The summed E-state index contributed by atoms with van der Waals surface area (Å²) in [5.41, 5.74) is 3.65. The van der Waals surface area contributed by atoms with Crippen LogP contribution in [0.5, 0.6) is 0 Å². The third-order valence-electron chi connectivity index (χ3n) is 3.26. The molecular formula is C15H27N3. The Balaban J connectivity index is 3.47. The van der Waals surface area contributed by atoms with Gasteiger partial charge in [0.05, 0.1) is 11.7 Å². The quantitative estimate of drug-likeness (QED) is 0.891. The van der Waals surface area contributed by atoms with Crippen LogP contribution in [0.1, 0.15) is 76.3 Å². The van der Waals surface area contributed by atoms with Crippen LogP contribution in [0.2, 0.25) is 0 Å². The van der Waals surface area contributed by atoms with Crippen LogP contribution in [0.25, 0.3) is 0 Å². The minimum Gasteiger partial charge on any atom is -0.311 e. The average molecular weight is 249 g/mol. The number of hydrogen-bond donors (Lipinski definition) is 1. The number of rotatable bonds is 3. The van der Waals surface area contributed by atoms with E-state index >= 15 is 0 Å². The first kappa shape index (κ1) is 15.1. The molecular weight excluding hydrogens is 222 g/mol. The molecule has 0 saturated carbocycles. The molecule has 0 aromatic carbocycles. The maximum Gasteiger partial charge on any atom is 0.145 e. The average Bonchev–Trinajstić information content (AvgIpc) is 2.25. The van der Waals surface area contributed by atoms with Gasteiger partial charge in [-0.1, -0.05) is 34.6 Å². The molecule has 0 aliphatic carbocycles. The van der Waals surface area contributed by atoms with E-state index in [9.17, 15) is 0 Å². The fourth-order valence-electron chi connectivity index (χ4n) is 2.19. The van der Waals surface area contributed by atoms with Gasteiger partial charge in [0, 0.05) is 11.1 Å². The maximum absolute atomic E-state index is 4.82. The lowest BCUT2D eigenvalue weighted by atomic mass is 9.84. The second-order valence-corrected chi connectivity index (χ2v) is 6.34. The molecule has 0 spiro atoms. The van der Waals surface area contributed by atoms with Crippen LogP contribution in [-0.4, -0.2) is 17.0 Å². The highest BCUT2D eigenvalue weighted by molar-refractivity contribution is 5.33. The molecule has 3 nitrogen and oxygen atoms in total. The molecule has 0 fully saturated rings. The van der Waals surface area contributed by atoms with Gasteiger partial charge in [0.1, 0.15) is 5.82 Å². The van der Waals surface area contributed by atoms with Gasteiger partial charge in [-0.15, -0.1) is 0 Å². The zero-order valence-electron chi connectivity index (χ0n) is 13.0. The van der Waals surface area contributed by atoms with E-state index in [-0.39, 0.29) is 11.5 Å². The smallest absolute Gasteiger partial charge is 0.145 e. The van der Waals surface area contributed by atoms with E-state index < -0.39 is 0 Å². The normalized spacial score (nSPS) is 14.1. The Hall–Kier alpha value is -0.960. The minimum absolute atomic E-state index is 0.0511. The summed E-state index contributed by atoms with van der Waals surface area (Å²) in [5.74, 6) is 1.35. The summed E-state index contributed by atoms with van der Waals surface area (Å²) in [6.07, 6.45) is 0. The Bertz CT molecular complexity index is 416. The molecule has 0 aliphatic heterocycles. The number of nitrogens with zero attached hydrogens (tertiary/aromatic N) is 2. The van der Waals surface area contributed by atoms with Crippen molar-refractivity contribution in [3.8, 4) is 0 Å². The number of hydrogen-bond acceptors (Lipinski definition) is 3. The van der Waals surface area contributed by atoms with E-state index in [1.807, 2.05) is 7.05 Å². The number of nitrogens with one attached hydrogen (secondary N) is 1. The SMILES string of the molecule is CN[C@@H](C)c1nc(C)c(C(C)C)c(C(C)(C)C)n1. The first-order valence-electron chi connectivity index (χ1n) is 6.74. The molecule has 0 unspecified atom stereocenters. The summed E-state index contributed by atoms with van der Waals surface area (Å²) in [7, 11) is 1.94. The predicted octanol–water partition coefficient (Wildman–Crippen LogP) is 3.49. The standard InChI is InChI=1S/C15H27N3/c1-9(2)12-10(3)17-14(11(4)16-8)18-13(12)15(5,6)7/h9,11,16H,1-8H3/t11-/m0/s1. The second-order valence-electron chi connectivity index (χ2n) is 6.34. The predicted molar refractivity (Wildman–Crippen MR) is 77.0 cm³/mol. The van der Waals surface area contributed by atoms with E-state index in [0.717, 1.165) is 11.5 Å². The lowest BCUT2D eigenvalue weighted by Crippen LogP contribution is -2.24. The molecule has 102 valence electrons. The van der Waals surface area contributed by atoms with E-state index in [2.05, 4.69) is 58.8 Å². The lowest BCUT2D eigenvalue weighted by Gasteiger charge is -2.26. The van der Waals surface area contributed by atoms with Crippen molar-refractivity contribution in [3.63, 3.8) is 0 Å². The number of aryl methyl sites for hydroxylation is 1. The molecule has 0 bridgehead atoms. The van der Waals surface area contributed by atoms with Crippen molar-refractivity contribution in [3.05, 3.63) is 22.8 Å². The van der Waals surface area contributed by atoms with Gasteiger partial charge in [0.25, 0.3) is 0 Å². The van der Waals surface area contributed by atoms with Gasteiger partial charge >= 0.3 is 0 Å². The molecule has 1 heterocycles. The Morgan fingerprint density at radius 2 is 1.61 bits per heavy atom. The van der Waals surface area contributed by atoms with Crippen LogP contribution in [0.3, 0.4) is 0 Å². The minimum atomic E-state index is 0.0511. The van der Waals surface area contributed by atoms with Crippen LogP contribution in [0.15, 0.2) is 0 Å². The first-order valence-corrected chi connectivity index (χ1v) is 6.74. The zero-order chi connectivity index (χ0) is 14.1. The largest absolute Gasteiger partial charge is 0.311 e. The Kier molecular flexibility index (Phi) is 4.49. The lowest BCUT2D eigenvalue weighted by molar-refractivity contribution is 0.527. The first-order chi connectivity index (χ1) is 8.18. The van der Waals surface area contributed by atoms with E-state index in [0.29, 0.717) is 5.92 Å². The highest BCUT2D eigenvalue weighted by atomic mass is 15.0. The maximum atomic E-state index is 4.82. The molecule has 0 aliphatic rings. The fraction of sp³-hybridized carbons (Fsp3) is 0.733. The van der Waals surface area contributed by atoms with Gasteiger partial charge in [-0.2, -0.15) is 0 Å². The third kappa shape index (κ3) is 3.08. The van der Waals surface area contributed by atoms with Crippen molar-refractivity contribution in [1.29, 1.82) is 0 Å². The molecule has 1 aromatic rings. The van der Waals surface area contributed by atoms with Crippen LogP contribution in [0.4, 0.5) is 0 Å². The van der Waals surface area contributed by atoms with Crippen molar-refractivity contribution in [2.45, 2.75) is 65.8 Å². The Labute approximate surface area is 111 Å². The molecule has 1 aromatic heterocycles. The Morgan fingerprint density at radius 3 is 2.00 bits per heavy atom. The summed E-state index contributed by atoms with van der Waals surface area (Å²) < 4.78 is 0. The fourth-order valence-corrected chi connectivity index (χ4v) is 2.19. The van der Waals surface area contributed by atoms with Crippen LogP contribution in [0, 0.1) is 6.92 Å². The van der Waals surface area contributed by atoms with Crippen molar-refractivity contribution in [2.24, 2.45) is 0 Å². The van der Waals surface area contributed by atoms with Crippen molar-refractivity contribution in [1.82, 2.24) is 15.3 Å². The number of aromatic nitrogens is 2. The summed E-state index contributed by atoms with van der Waals surface area (Å²) >= 11 is 0. The van der Waals surface area contributed by atoms with Gasteiger partial charge in [-0.25, -0.2) is 9.97 Å².